The zero-order valence-electron chi connectivity index (χ0n) is 68.4. The first-order valence-electron chi connectivity index (χ1n) is 40.2. The summed E-state index contributed by atoms with van der Waals surface area (Å²) >= 11 is 0. The van der Waals surface area contributed by atoms with Crippen LogP contribution < -0.4 is 101 Å². The first-order chi connectivity index (χ1) is 54.4. The van der Waals surface area contributed by atoms with Crippen LogP contribution in [0.5, 0.6) is 23.0 Å². The van der Waals surface area contributed by atoms with Crippen LogP contribution in [0.1, 0.15) is 230 Å². The molecule has 21 N–H and O–H groups in total. The van der Waals surface area contributed by atoms with Crippen molar-refractivity contribution in [2.24, 2.45) is 64.0 Å². The van der Waals surface area contributed by atoms with Crippen molar-refractivity contribution in [3.63, 3.8) is 0 Å². The van der Waals surface area contributed by atoms with Gasteiger partial charge in [-0.1, -0.05) is 75.3 Å². The number of carbonyl (C=O) groups is 10. The minimum Gasteiger partial charge on any atom is -0.493 e. The van der Waals surface area contributed by atoms with Gasteiger partial charge in [0.15, 0.2) is 0 Å². The van der Waals surface area contributed by atoms with Gasteiger partial charge in [-0.25, -0.2) is 0 Å². The minimum absolute atomic E-state index is 0.00737. The summed E-state index contributed by atoms with van der Waals surface area (Å²) in [5.41, 5.74) is 36.1. The van der Waals surface area contributed by atoms with Crippen molar-refractivity contribution in [1.82, 2.24) is 21.3 Å². The van der Waals surface area contributed by atoms with E-state index in [1.165, 1.54) is 42.5 Å². The third-order valence-electron chi connectivity index (χ3n) is 18.2. The fourth-order valence-corrected chi connectivity index (χ4v) is 12.3. The zero-order valence-corrected chi connectivity index (χ0v) is 68.4. The highest BCUT2D eigenvalue weighted by Gasteiger charge is 2.32. The molecule has 0 saturated carbocycles. The number of rotatable bonds is 53. The van der Waals surface area contributed by atoms with Gasteiger partial charge in [0.2, 0.25) is 29.5 Å². The third kappa shape index (κ3) is 33.5. The summed E-state index contributed by atoms with van der Waals surface area (Å²) in [4.78, 5) is 142. The standard InChI is InChI=1S/C85H127N15O14/c1-52(2)42-67(90)81(106)92-58-25-23-24-57(47-58)77(102)97-68(43-53(3)4)82(107)94-60-27-31-73(112-39-20-12-16-35-87)64(49-60)79(104)99-70(45-55(7)8)84(109)96-62-29-33-75(114-41-22-14-18-37-89)66(51-62)80(105)100-71(46-56(9)10)85(110)95-61-28-32-74(113-40-21-13-17-36-88)65(50-61)78(103)98-69(44-54(5)6)83(108)93-59-26-30-72(63(48-59)76(91)101)111-38-19-11-15-34-86/h23-33,47-56,67-71H,11-22,34-46,86-90H2,1-10H3,(H2,91,101)(H,92,106)(H,93,108)(H,94,107)(H,95,110)(H,96,109)(H,97,102)(H,98,103)(H,99,104)(H,100,105)/t67-,68+,69-,70-,71+/m0/s1. The van der Waals surface area contributed by atoms with Crippen molar-refractivity contribution in [3.05, 3.63) is 125 Å². The van der Waals surface area contributed by atoms with Crippen molar-refractivity contribution in [1.29, 1.82) is 0 Å². The van der Waals surface area contributed by atoms with Crippen LogP contribution in [0.15, 0.2) is 97.1 Å². The van der Waals surface area contributed by atoms with Crippen molar-refractivity contribution in [3.8, 4) is 23.0 Å². The molecule has 0 aliphatic rings. The molecule has 0 saturated heterocycles. The summed E-state index contributed by atoms with van der Waals surface area (Å²) in [5, 5.41) is 25.8. The normalized spacial score (nSPS) is 12.6. The van der Waals surface area contributed by atoms with Gasteiger partial charge < -0.3 is 101 Å². The fraction of sp³-hybridized carbons (Fsp3) is 0.529. The van der Waals surface area contributed by atoms with Crippen LogP contribution in [-0.4, -0.2) is 142 Å². The molecule has 626 valence electrons. The lowest BCUT2D eigenvalue weighted by Crippen LogP contribution is -2.45. The van der Waals surface area contributed by atoms with Crippen LogP contribution in [0.2, 0.25) is 0 Å². The Balaban J connectivity index is 1.43. The molecule has 0 fully saturated rings. The Kier molecular flexibility index (Phi) is 41.5. The number of nitrogens with one attached hydrogen (secondary N) is 9. The summed E-state index contributed by atoms with van der Waals surface area (Å²) < 4.78 is 24.5. The number of nitrogens with two attached hydrogens (primary N) is 6. The Hall–Kier alpha value is -10.2. The molecule has 5 rings (SSSR count). The van der Waals surface area contributed by atoms with E-state index in [4.69, 9.17) is 53.3 Å². The van der Waals surface area contributed by atoms with E-state index in [2.05, 4.69) is 47.9 Å². The Morgan fingerprint density at radius 2 is 0.570 bits per heavy atom. The number of hydrogen-bond donors (Lipinski definition) is 15. The van der Waals surface area contributed by atoms with Gasteiger partial charge in [0, 0.05) is 34.0 Å². The fourth-order valence-electron chi connectivity index (χ4n) is 12.3. The van der Waals surface area contributed by atoms with Crippen LogP contribution in [0, 0.1) is 29.6 Å². The number of unbranched alkanes of at least 4 members (excludes halogenated alkanes) is 8. The molecule has 0 radical (unpaired) electrons. The van der Waals surface area contributed by atoms with Crippen molar-refractivity contribution >= 4 is 87.5 Å². The van der Waals surface area contributed by atoms with E-state index >= 15 is 0 Å². The predicted octanol–water partition coefficient (Wildman–Crippen LogP) is 10.3. The van der Waals surface area contributed by atoms with Crippen molar-refractivity contribution < 1.29 is 66.9 Å². The maximum atomic E-state index is 15.0. The van der Waals surface area contributed by atoms with Crippen molar-refractivity contribution in [2.75, 3.05) is 79.2 Å². The number of primary amides is 1. The second kappa shape index (κ2) is 50.1. The van der Waals surface area contributed by atoms with Gasteiger partial charge in [-0.15, -0.1) is 0 Å². The molecule has 10 amide bonds. The maximum Gasteiger partial charge on any atom is 0.255 e. The van der Waals surface area contributed by atoms with E-state index in [9.17, 15) is 47.9 Å². The van der Waals surface area contributed by atoms with E-state index in [0.717, 1.165) is 51.4 Å². The molecule has 0 unspecified atom stereocenters. The van der Waals surface area contributed by atoms with E-state index in [-0.39, 0.29) is 149 Å². The molecule has 29 heteroatoms. The smallest absolute Gasteiger partial charge is 0.255 e. The quantitative estimate of drug-likeness (QED) is 0.0161. The largest absolute Gasteiger partial charge is 0.493 e. The summed E-state index contributed by atoms with van der Waals surface area (Å²) in [5.74, 6) is -5.89. The van der Waals surface area contributed by atoms with Crippen LogP contribution in [-0.2, 0) is 24.0 Å². The van der Waals surface area contributed by atoms with Gasteiger partial charge in [-0.2, -0.15) is 0 Å². The minimum atomic E-state index is -1.20. The topological polar surface area (TPSA) is 472 Å². The predicted molar refractivity (Wildman–Crippen MR) is 448 cm³/mol. The van der Waals surface area contributed by atoms with Crippen LogP contribution in [0.25, 0.3) is 0 Å². The van der Waals surface area contributed by atoms with E-state index in [1.54, 1.807) is 54.6 Å². The lowest BCUT2D eigenvalue weighted by atomic mass is 10.0. The number of anilines is 5. The van der Waals surface area contributed by atoms with Gasteiger partial charge in [0.1, 0.15) is 47.2 Å². The van der Waals surface area contributed by atoms with Gasteiger partial charge >= 0.3 is 0 Å². The van der Waals surface area contributed by atoms with Crippen molar-refractivity contribution in [2.45, 2.75) is 209 Å². The number of benzene rings is 5. The molecular formula is C85H127N15O14. The number of carbonyl (C=O) groups excluding carboxylic acids is 10. The molecule has 5 aromatic carbocycles. The highest BCUT2D eigenvalue weighted by molar-refractivity contribution is 6.08. The van der Waals surface area contributed by atoms with E-state index < -0.39 is 89.3 Å². The zero-order chi connectivity index (χ0) is 83.8. The summed E-state index contributed by atoms with van der Waals surface area (Å²) in [6.07, 6.45) is 9.86. The van der Waals surface area contributed by atoms with E-state index in [0.29, 0.717) is 70.6 Å². The third-order valence-corrected chi connectivity index (χ3v) is 18.2. The second-order valence-corrected chi connectivity index (χ2v) is 30.9. The number of ether oxygens (including phenoxy) is 4. The van der Waals surface area contributed by atoms with Gasteiger partial charge in [0.05, 0.1) is 54.7 Å². The molecule has 0 spiro atoms. The average molecular weight is 1580 g/mol. The molecule has 0 heterocycles. The molecule has 0 aromatic heterocycles. The Morgan fingerprint density at radius 1 is 0.307 bits per heavy atom. The Bertz CT molecular complexity index is 3940. The second-order valence-electron chi connectivity index (χ2n) is 30.9. The van der Waals surface area contributed by atoms with Crippen LogP contribution in [0.3, 0.4) is 0 Å². The van der Waals surface area contributed by atoms with E-state index in [1.807, 2.05) is 69.2 Å². The molecule has 5 atom stereocenters. The van der Waals surface area contributed by atoms with Crippen LogP contribution in [0.4, 0.5) is 28.4 Å². The molecule has 114 heavy (non-hydrogen) atoms. The summed E-state index contributed by atoms with van der Waals surface area (Å²) in [7, 11) is 0. The highest BCUT2D eigenvalue weighted by Crippen LogP contribution is 2.31. The Labute approximate surface area is 672 Å². The number of amides is 10. The average Bonchev–Trinajstić information content (AvgIpc) is 0.818. The van der Waals surface area contributed by atoms with Gasteiger partial charge in [-0.3, -0.25) is 47.9 Å². The molecule has 0 aliphatic heterocycles. The molecule has 5 aromatic rings. The maximum absolute atomic E-state index is 15.0. The van der Waals surface area contributed by atoms with Gasteiger partial charge in [0.25, 0.3) is 29.5 Å². The monoisotopic (exact) mass is 1580 g/mol. The summed E-state index contributed by atoms with van der Waals surface area (Å²) in [6.45, 7) is 22.0. The Morgan fingerprint density at radius 3 is 0.851 bits per heavy atom. The molecule has 0 bridgehead atoms. The highest BCUT2D eigenvalue weighted by atomic mass is 16.5. The van der Waals surface area contributed by atoms with Gasteiger partial charge in [-0.05, 0) is 256 Å². The lowest BCUT2D eigenvalue weighted by molar-refractivity contribution is -0.119. The summed E-state index contributed by atoms with van der Waals surface area (Å²) in [6, 6.07) is 19.1. The lowest BCUT2D eigenvalue weighted by Gasteiger charge is -2.23. The van der Waals surface area contributed by atoms with Crippen LogP contribution >= 0.6 is 0 Å². The molecule has 0 aliphatic carbocycles. The molecular weight excluding hydrogens is 1460 g/mol. The molecule has 29 nitrogen and oxygen atoms in total. The SMILES string of the molecule is CC(C)C[C@H](NC(=O)c1cc(NC(=O)[C@@H](CC(C)C)NC(=O)c2cccc(NC(=O)[C@@H](N)CC(C)C)c2)ccc1OCCCCCN)C(=O)Nc1ccc(OCCCCCN)c(C(=O)N[C@H](CC(C)C)C(=O)Nc2ccc(OCCCCCN)c(C(=O)N[C@@H](CC(C)C)C(=O)Nc3ccc(OCCCCCN)c(C(N)=O)c3)c2)c1. The first kappa shape index (κ1) is 94.4. The number of hydrogen-bond acceptors (Lipinski definition) is 19. The first-order valence-corrected chi connectivity index (χ1v) is 40.2.